The Hall–Kier alpha value is -2.93. The first-order valence-corrected chi connectivity index (χ1v) is 12.0. The Morgan fingerprint density at radius 1 is 1.18 bits per heavy atom. The molecule has 0 aromatic heterocycles. The Balaban J connectivity index is 1.86. The first-order valence-electron chi connectivity index (χ1n) is 12.0. The first-order chi connectivity index (χ1) is 16.3. The predicted octanol–water partition coefficient (Wildman–Crippen LogP) is 4.85. The lowest BCUT2D eigenvalue weighted by Crippen LogP contribution is -2.44. The van der Waals surface area contributed by atoms with E-state index in [4.69, 9.17) is 4.74 Å². The number of carboxylic acid groups (broad SMARTS) is 1. The number of hydrogen-bond donors (Lipinski definition) is 1. The molecule has 3 rings (SSSR count). The minimum absolute atomic E-state index is 0.0996. The van der Waals surface area contributed by atoms with E-state index in [1.165, 1.54) is 6.07 Å². The van der Waals surface area contributed by atoms with Gasteiger partial charge in [-0.1, -0.05) is 32.4 Å². The Morgan fingerprint density at radius 2 is 1.88 bits per heavy atom. The number of anilines is 1. The van der Waals surface area contributed by atoms with Crippen molar-refractivity contribution in [2.24, 2.45) is 5.92 Å². The van der Waals surface area contributed by atoms with Crippen molar-refractivity contribution in [2.75, 3.05) is 31.6 Å². The lowest BCUT2D eigenvalue weighted by molar-refractivity contribution is -0.143. The van der Waals surface area contributed by atoms with Crippen LogP contribution in [0, 0.1) is 18.7 Å². The van der Waals surface area contributed by atoms with E-state index in [2.05, 4.69) is 6.92 Å². The molecule has 1 amide bonds. The van der Waals surface area contributed by atoms with Gasteiger partial charge >= 0.3 is 5.97 Å². The summed E-state index contributed by atoms with van der Waals surface area (Å²) >= 11 is 0. The molecule has 184 valence electrons. The lowest BCUT2D eigenvalue weighted by atomic mass is 9.84. The van der Waals surface area contributed by atoms with Crippen LogP contribution in [0.5, 0.6) is 5.75 Å². The van der Waals surface area contributed by atoms with Crippen LogP contribution < -0.4 is 9.64 Å². The number of likely N-dealkylation sites (tertiary alicyclic amines) is 1. The minimum atomic E-state index is -0.848. The van der Waals surface area contributed by atoms with Gasteiger partial charge in [0.25, 0.3) is 0 Å². The highest BCUT2D eigenvalue weighted by Crippen LogP contribution is 2.39. The molecule has 1 N–H and O–H groups in total. The highest BCUT2D eigenvalue weighted by atomic mass is 19.1. The topological polar surface area (TPSA) is 70.1 Å². The molecule has 2 aromatic rings. The summed E-state index contributed by atoms with van der Waals surface area (Å²) < 4.78 is 19.1. The van der Waals surface area contributed by atoms with Crippen LogP contribution in [-0.4, -0.2) is 54.7 Å². The molecule has 0 radical (unpaired) electrons. The Bertz CT molecular complexity index is 995. The number of aryl methyl sites for hydroxylation is 1. The number of hydrogen-bond acceptors (Lipinski definition) is 4. The van der Waals surface area contributed by atoms with Gasteiger partial charge < -0.3 is 14.7 Å². The van der Waals surface area contributed by atoms with Gasteiger partial charge in [-0.05, 0) is 61.2 Å². The van der Waals surface area contributed by atoms with Gasteiger partial charge in [0.1, 0.15) is 11.6 Å². The van der Waals surface area contributed by atoms with Gasteiger partial charge in [0.2, 0.25) is 5.91 Å². The summed E-state index contributed by atoms with van der Waals surface area (Å²) in [6, 6.07) is 12.0. The number of carbonyl (C=O) groups excluding carboxylic acids is 1. The number of amides is 1. The molecule has 34 heavy (non-hydrogen) atoms. The van der Waals surface area contributed by atoms with E-state index < -0.39 is 11.9 Å². The molecule has 0 bridgehead atoms. The van der Waals surface area contributed by atoms with Crippen LogP contribution in [0.25, 0.3) is 0 Å². The number of unbranched alkanes of at least 4 members (excludes halogenated alkanes) is 1. The van der Waals surface area contributed by atoms with Crippen LogP contribution in [0.3, 0.4) is 0 Å². The zero-order chi connectivity index (χ0) is 24.8. The normalized spacial score (nSPS) is 20.3. The van der Waals surface area contributed by atoms with Crippen molar-refractivity contribution in [1.29, 1.82) is 0 Å². The molecule has 1 heterocycles. The number of rotatable bonds is 10. The molecule has 3 unspecified atom stereocenters. The zero-order valence-corrected chi connectivity index (χ0v) is 20.5. The zero-order valence-electron chi connectivity index (χ0n) is 20.5. The number of benzene rings is 2. The van der Waals surface area contributed by atoms with Crippen molar-refractivity contribution in [3.63, 3.8) is 0 Å². The van der Waals surface area contributed by atoms with Crippen LogP contribution >= 0.6 is 0 Å². The summed E-state index contributed by atoms with van der Waals surface area (Å²) in [4.78, 5) is 29.5. The SMILES string of the molecule is CCCCN(C(=O)CN1CC(c2ccc(OC)cc2)C(C(=O)O)C1CC)c1ccc(F)c(C)c1. The van der Waals surface area contributed by atoms with Crippen molar-refractivity contribution >= 4 is 17.6 Å². The highest BCUT2D eigenvalue weighted by molar-refractivity contribution is 5.95. The molecule has 1 saturated heterocycles. The Morgan fingerprint density at radius 3 is 2.44 bits per heavy atom. The number of ether oxygens (including phenoxy) is 1. The maximum absolute atomic E-state index is 13.8. The number of carbonyl (C=O) groups is 2. The van der Waals surface area contributed by atoms with Gasteiger partial charge in [-0.15, -0.1) is 0 Å². The minimum Gasteiger partial charge on any atom is -0.497 e. The average molecular weight is 471 g/mol. The van der Waals surface area contributed by atoms with Crippen molar-refractivity contribution in [1.82, 2.24) is 4.90 Å². The van der Waals surface area contributed by atoms with Gasteiger partial charge in [0, 0.05) is 30.7 Å². The standard InChI is InChI=1S/C27H35FN2O4/c1-5-7-14-30(20-10-13-23(28)18(3)15-20)25(31)17-29-16-22(26(27(32)33)24(29)6-2)19-8-11-21(34-4)12-9-19/h8-13,15,22,24,26H,5-7,14,16-17H2,1-4H3,(H,32,33). The molecular weight excluding hydrogens is 435 g/mol. The van der Waals surface area contributed by atoms with Crippen molar-refractivity contribution in [3.05, 3.63) is 59.4 Å². The second-order valence-electron chi connectivity index (χ2n) is 8.98. The van der Waals surface area contributed by atoms with Crippen LogP contribution in [0.15, 0.2) is 42.5 Å². The lowest BCUT2D eigenvalue weighted by Gasteiger charge is -2.29. The van der Waals surface area contributed by atoms with Crippen LogP contribution in [0.2, 0.25) is 0 Å². The van der Waals surface area contributed by atoms with Crippen LogP contribution in [0.1, 0.15) is 50.2 Å². The number of methoxy groups -OCH3 is 1. The molecule has 0 saturated carbocycles. The Kier molecular flexibility index (Phi) is 8.67. The molecule has 1 aliphatic rings. The van der Waals surface area contributed by atoms with E-state index in [1.807, 2.05) is 36.1 Å². The van der Waals surface area contributed by atoms with Gasteiger partial charge in [-0.3, -0.25) is 14.5 Å². The van der Waals surface area contributed by atoms with Gasteiger partial charge in [-0.25, -0.2) is 4.39 Å². The third kappa shape index (κ3) is 5.58. The van der Waals surface area contributed by atoms with Crippen molar-refractivity contribution in [2.45, 2.75) is 52.0 Å². The fourth-order valence-corrected chi connectivity index (χ4v) is 4.96. The third-order valence-corrected chi connectivity index (χ3v) is 6.82. The summed E-state index contributed by atoms with van der Waals surface area (Å²) in [7, 11) is 1.60. The van der Waals surface area contributed by atoms with E-state index >= 15 is 0 Å². The molecule has 7 heteroatoms. The molecular formula is C27H35FN2O4. The van der Waals surface area contributed by atoms with Crippen molar-refractivity contribution < 1.29 is 23.8 Å². The quantitative estimate of drug-likeness (QED) is 0.537. The third-order valence-electron chi connectivity index (χ3n) is 6.82. The monoisotopic (exact) mass is 470 g/mol. The molecule has 6 nitrogen and oxygen atoms in total. The van der Waals surface area contributed by atoms with Gasteiger partial charge in [0.15, 0.2) is 0 Å². The van der Waals surface area contributed by atoms with E-state index in [9.17, 15) is 19.1 Å². The summed E-state index contributed by atoms with van der Waals surface area (Å²) in [5, 5.41) is 10.1. The maximum atomic E-state index is 13.8. The maximum Gasteiger partial charge on any atom is 0.308 e. The molecule has 0 aliphatic carbocycles. The van der Waals surface area contributed by atoms with E-state index in [-0.39, 0.29) is 30.2 Å². The van der Waals surface area contributed by atoms with Crippen LogP contribution in [0.4, 0.5) is 10.1 Å². The fraction of sp³-hybridized carbons (Fsp3) is 0.481. The number of aliphatic carboxylic acids is 1. The van der Waals surface area contributed by atoms with Gasteiger partial charge in [0.05, 0.1) is 19.6 Å². The Labute approximate surface area is 201 Å². The smallest absolute Gasteiger partial charge is 0.308 e. The summed E-state index contributed by atoms with van der Waals surface area (Å²) in [6.07, 6.45) is 2.37. The molecule has 0 spiro atoms. The average Bonchev–Trinajstić information content (AvgIpc) is 3.19. The summed E-state index contributed by atoms with van der Waals surface area (Å²) in [5.74, 6) is -1.36. The van der Waals surface area contributed by atoms with Gasteiger partial charge in [-0.2, -0.15) is 0 Å². The largest absolute Gasteiger partial charge is 0.497 e. The molecule has 1 fully saturated rings. The fourth-order valence-electron chi connectivity index (χ4n) is 4.96. The molecule has 1 aliphatic heterocycles. The van der Waals surface area contributed by atoms with E-state index in [0.717, 1.165) is 18.4 Å². The second-order valence-corrected chi connectivity index (χ2v) is 8.98. The summed E-state index contributed by atoms with van der Waals surface area (Å²) in [5.41, 5.74) is 2.09. The second kappa shape index (κ2) is 11.5. The number of carboxylic acids is 1. The summed E-state index contributed by atoms with van der Waals surface area (Å²) in [6.45, 7) is 6.85. The first kappa shape index (κ1) is 25.7. The van der Waals surface area contributed by atoms with Crippen molar-refractivity contribution in [3.8, 4) is 5.75 Å². The number of nitrogens with zero attached hydrogens (tertiary/aromatic N) is 2. The van der Waals surface area contributed by atoms with E-state index in [1.54, 1.807) is 31.1 Å². The van der Waals surface area contributed by atoms with Crippen LogP contribution in [-0.2, 0) is 9.59 Å². The molecule has 3 atom stereocenters. The predicted molar refractivity (Wildman–Crippen MR) is 131 cm³/mol. The van der Waals surface area contributed by atoms with E-state index in [0.29, 0.717) is 36.5 Å². The highest BCUT2D eigenvalue weighted by Gasteiger charge is 2.46. The number of halogens is 1. The molecule has 2 aromatic carbocycles.